The van der Waals surface area contributed by atoms with Crippen LogP contribution in [-0.4, -0.2) is 53.9 Å². The topological polar surface area (TPSA) is 67.7 Å². The first-order chi connectivity index (χ1) is 16.5. The Labute approximate surface area is 202 Å². The third kappa shape index (κ3) is 4.34. The fourth-order valence-electron chi connectivity index (χ4n) is 5.45. The monoisotopic (exact) mass is 482 g/mol. The quantitative estimate of drug-likeness (QED) is 0.493. The number of methoxy groups -OCH3 is 1. The molecule has 2 saturated heterocycles. The summed E-state index contributed by atoms with van der Waals surface area (Å²) < 4.78 is 35.5. The first kappa shape index (κ1) is 23.3. The number of benzene rings is 2. The lowest BCUT2D eigenvalue weighted by Gasteiger charge is -2.25. The van der Waals surface area contributed by atoms with Crippen molar-refractivity contribution in [2.45, 2.75) is 63.1 Å². The van der Waals surface area contributed by atoms with Gasteiger partial charge < -0.3 is 9.30 Å². The van der Waals surface area contributed by atoms with Crippen LogP contribution < -0.4 is 4.74 Å². The van der Waals surface area contributed by atoms with Crippen LogP contribution in [0, 0.1) is 0 Å². The number of imidazole rings is 1. The van der Waals surface area contributed by atoms with Gasteiger partial charge in [0.05, 0.1) is 29.6 Å². The van der Waals surface area contributed by atoms with Crippen molar-refractivity contribution in [3.8, 4) is 5.75 Å². The van der Waals surface area contributed by atoms with E-state index in [1.165, 1.54) is 5.56 Å². The first-order valence-corrected chi connectivity index (χ1v) is 13.8. The summed E-state index contributed by atoms with van der Waals surface area (Å²) in [5.74, 6) is 1.86. The van der Waals surface area contributed by atoms with Crippen LogP contribution in [0.4, 0.5) is 0 Å². The second kappa shape index (κ2) is 9.68. The molecule has 182 valence electrons. The SMILES string of the molecule is CCn1c(CN2CCCC2c2ccc(OC)cc2)nc2cc(S(=O)(=O)N3CCCCC3)ccc21. The molecule has 2 fully saturated rings. The minimum atomic E-state index is -3.47. The molecule has 2 aliphatic rings. The van der Waals surface area contributed by atoms with Crippen molar-refractivity contribution >= 4 is 21.1 Å². The van der Waals surface area contributed by atoms with Crippen molar-refractivity contribution in [2.24, 2.45) is 0 Å². The molecule has 1 aromatic heterocycles. The molecule has 5 rings (SSSR count). The highest BCUT2D eigenvalue weighted by Crippen LogP contribution is 2.34. The number of piperidine rings is 1. The van der Waals surface area contributed by atoms with Crippen molar-refractivity contribution in [3.05, 3.63) is 53.9 Å². The average Bonchev–Trinajstić information content (AvgIpc) is 3.48. The summed E-state index contributed by atoms with van der Waals surface area (Å²) in [7, 11) is -1.78. The number of aryl methyl sites for hydroxylation is 1. The normalized spacial score (nSPS) is 20.2. The van der Waals surface area contributed by atoms with E-state index in [1.54, 1.807) is 23.5 Å². The molecule has 34 heavy (non-hydrogen) atoms. The summed E-state index contributed by atoms with van der Waals surface area (Å²) in [6, 6.07) is 14.2. The highest BCUT2D eigenvalue weighted by Gasteiger charge is 2.29. The Morgan fingerprint density at radius 1 is 1.00 bits per heavy atom. The van der Waals surface area contributed by atoms with E-state index in [1.807, 2.05) is 18.2 Å². The predicted molar refractivity (Wildman–Crippen MR) is 133 cm³/mol. The van der Waals surface area contributed by atoms with E-state index in [0.717, 1.165) is 74.3 Å². The average molecular weight is 483 g/mol. The maximum atomic E-state index is 13.2. The standard InChI is InChI=1S/C26H34N4O3S/c1-3-30-25-14-13-22(34(31,32)29-16-5-4-6-17-29)18-23(25)27-26(30)19-28-15-7-8-24(28)20-9-11-21(33-2)12-10-20/h9-14,18,24H,3-8,15-17,19H2,1-2H3. The number of sulfonamides is 1. The summed E-state index contributed by atoms with van der Waals surface area (Å²) in [6.07, 6.45) is 5.24. The van der Waals surface area contributed by atoms with Crippen molar-refractivity contribution < 1.29 is 13.2 Å². The van der Waals surface area contributed by atoms with Crippen molar-refractivity contribution in [1.29, 1.82) is 0 Å². The summed E-state index contributed by atoms with van der Waals surface area (Å²) in [4.78, 5) is 7.78. The van der Waals surface area contributed by atoms with Crippen LogP contribution in [0.2, 0.25) is 0 Å². The maximum absolute atomic E-state index is 13.2. The summed E-state index contributed by atoms with van der Waals surface area (Å²) in [5, 5.41) is 0. The van der Waals surface area contributed by atoms with Crippen LogP contribution in [0.1, 0.15) is 56.5 Å². The van der Waals surface area contributed by atoms with Crippen LogP contribution in [-0.2, 0) is 23.1 Å². The van der Waals surface area contributed by atoms with Crippen molar-refractivity contribution in [3.63, 3.8) is 0 Å². The van der Waals surface area contributed by atoms with Crippen molar-refractivity contribution in [2.75, 3.05) is 26.7 Å². The molecule has 0 amide bonds. The van der Waals surface area contributed by atoms with Crippen LogP contribution in [0.25, 0.3) is 11.0 Å². The van der Waals surface area contributed by atoms with Gasteiger partial charge in [-0.05, 0) is 75.0 Å². The van der Waals surface area contributed by atoms with Crippen LogP contribution in [0.5, 0.6) is 5.75 Å². The highest BCUT2D eigenvalue weighted by atomic mass is 32.2. The van der Waals surface area contributed by atoms with Gasteiger partial charge in [0.1, 0.15) is 11.6 Å². The van der Waals surface area contributed by atoms with Gasteiger partial charge in [0.2, 0.25) is 10.0 Å². The van der Waals surface area contributed by atoms with E-state index in [-0.39, 0.29) is 0 Å². The first-order valence-electron chi connectivity index (χ1n) is 12.4. The largest absolute Gasteiger partial charge is 0.497 e. The van der Waals surface area contributed by atoms with Gasteiger partial charge in [-0.1, -0.05) is 18.6 Å². The van der Waals surface area contributed by atoms with Gasteiger partial charge in [0.15, 0.2) is 0 Å². The van der Waals surface area contributed by atoms with Gasteiger partial charge >= 0.3 is 0 Å². The zero-order valence-corrected chi connectivity index (χ0v) is 20.9. The molecule has 0 saturated carbocycles. The molecular weight excluding hydrogens is 448 g/mol. The molecule has 1 atom stereocenters. The Kier molecular flexibility index (Phi) is 6.64. The molecule has 8 heteroatoms. The van der Waals surface area contributed by atoms with E-state index in [0.29, 0.717) is 24.0 Å². The summed E-state index contributed by atoms with van der Waals surface area (Å²) in [6.45, 7) is 5.90. The number of rotatable bonds is 7. The molecule has 2 aromatic carbocycles. The molecule has 0 N–H and O–H groups in total. The van der Waals surface area contributed by atoms with E-state index in [4.69, 9.17) is 9.72 Å². The molecule has 7 nitrogen and oxygen atoms in total. The second-order valence-electron chi connectivity index (χ2n) is 9.29. The number of likely N-dealkylation sites (tertiary alicyclic amines) is 1. The number of hydrogen-bond donors (Lipinski definition) is 0. The lowest BCUT2D eigenvalue weighted by Crippen LogP contribution is -2.35. The van der Waals surface area contributed by atoms with E-state index < -0.39 is 10.0 Å². The minimum absolute atomic E-state index is 0.353. The van der Waals surface area contributed by atoms with Gasteiger partial charge in [-0.3, -0.25) is 4.90 Å². The zero-order valence-electron chi connectivity index (χ0n) is 20.1. The third-order valence-corrected chi connectivity index (χ3v) is 9.17. The molecule has 2 aliphatic heterocycles. The lowest BCUT2D eigenvalue weighted by atomic mass is 10.0. The molecular formula is C26H34N4O3S. The van der Waals surface area contributed by atoms with Crippen molar-refractivity contribution in [1.82, 2.24) is 18.8 Å². The van der Waals surface area contributed by atoms with Crippen LogP contribution in [0.15, 0.2) is 47.4 Å². The number of aromatic nitrogens is 2. The Balaban J connectivity index is 1.42. The van der Waals surface area contributed by atoms with Crippen LogP contribution in [0.3, 0.4) is 0 Å². The molecule has 3 aromatic rings. The minimum Gasteiger partial charge on any atom is -0.497 e. The van der Waals surface area contributed by atoms with Gasteiger partial charge in [-0.25, -0.2) is 13.4 Å². The van der Waals surface area contributed by atoms with E-state index in [2.05, 4.69) is 28.5 Å². The molecule has 0 aliphatic carbocycles. The van der Waals surface area contributed by atoms with Gasteiger partial charge in [0.25, 0.3) is 0 Å². The smallest absolute Gasteiger partial charge is 0.243 e. The number of fused-ring (bicyclic) bond motifs is 1. The molecule has 0 bridgehead atoms. The Hall–Kier alpha value is -2.42. The molecule has 0 spiro atoms. The van der Waals surface area contributed by atoms with Crippen LogP contribution >= 0.6 is 0 Å². The fourth-order valence-corrected chi connectivity index (χ4v) is 6.99. The Morgan fingerprint density at radius 3 is 2.47 bits per heavy atom. The number of nitrogens with zero attached hydrogens (tertiary/aromatic N) is 4. The third-order valence-electron chi connectivity index (χ3n) is 7.28. The number of hydrogen-bond acceptors (Lipinski definition) is 5. The Morgan fingerprint density at radius 2 is 1.76 bits per heavy atom. The number of ether oxygens (including phenoxy) is 1. The highest BCUT2D eigenvalue weighted by molar-refractivity contribution is 7.89. The summed E-state index contributed by atoms with van der Waals surface area (Å²) in [5.41, 5.74) is 3.05. The van der Waals surface area contributed by atoms with Gasteiger partial charge in [0, 0.05) is 25.7 Å². The maximum Gasteiger partial charge on any atom is 0.243 e. The second-order valence-corrected chi connectivity index (χ2v) is 11.2. The summed E-state index contributed by atoms with van der Waals surface area (Å²) >= 11 is 0. The Bertz CT molecular complexity index is 1250. The van der Waals surface area contributed by atoms with E-state index in [9.17, 15) is 8.42 Å². The molecule has 0 radical (unpaired) electrons. The van der Waals surface area contributed by atoms with Gasteiger partial charge in [-0.2, -0.15) is 4.31 Å². The molecule has 3 heterocycles. The lowest BCUT2D eigenvalue weighted by molar-refractivity contribution is 0.239. The van der Waals surface area contributed by atoms with Gasteiger partial charge in [-0.15, -0.1) is 0 Å². The fraction of sp³-hybridized carbons (Fsp3) is 0.500. The molecule has 1 unspecified atom stereocenters. The zero-order chi connectivity index (χ0) is 23.7. The predicted octanol–water partition coefficient (Wildman–Crippen LogP) is 4.58. The van der Waals surface area contributed by atoms with E-state index >= 15 is 0 Å².